The van der Waals surface area contributed by atoms with Crippen molar-refractivity contribution in [3.8, 4) is 11.5 Å². The van der Waals surface area contributed by atoms with Crippen LogP contribution in [0.5, 0.6) is 11.5 Å². The van der Waals surface area contributed by atoms with Crippen LogP contribution in [0, 0.1) is 0 Å². The van der Waals surface area contributed by atoms with Gasteiger partial charge in [0.25, 0.3) is 11.8 Å². The Balaban J connectivity index is 1.62. The lowest BCUT2D eigenvalue weighted by Crippen LogP contribution is -2.58. The summed E-state index contributed by atoms with van der Waals surface area (Å²) in [7, 11) is 0. The third kappa shape index (κ3) is 5.63. The van der Waals surface area contributed by atoms with Gasteiger partial charge in [0.15, 0.2) is 11.5 Å². The molecule has 0 atom stereocenters. The number of urea groups is 1. The Bertz CT molecular complexity index is 1170. The molecule has 0 bridgehead atoms. The van der Waals surface area contributed by atoms with E-state index in [1.54, 1.807) is 18.2 Å². The quantitative estimate of drug-likeness (QED) is 0.373. The van der Waals surface area contributed by atoms with E-state index in [0.29, 0.717) is 28.7 Å². The normalized spacial score (nSPS) is 18.1. The molecule has 184 valence electrons. The number of ether oxygens (including phenoxy) is 2. The summed E-state index contributed by atoms with van der Waals surface area (Å²) >= 11 is 12.7. The molecule has 9 heteroatoms. The number of nitrogens with zero attached hydrogens (tertiary/aromatic N) is 1. The van der Waals surface area contributed by atoms with Gasteiger partial charge in [0, 0.05) is 16.6 Å². The summed E-state index contributed by atoms with van der Waals surface area (Å²) in [5.74, 6) is -0.643. The summed E-state index contributed by atoms with van der Waals surface area (Å²) in [4.78, 5) is 39.4. The van der Waals surface area contributed by atoms with Gasteiger partial charge in [0.2, 0.25) is 0 Å². The van der Waals surface area contributed by atoms with Crippen molar-refractivity contribution in [3.05, 3.63) is 63.1 Å². The summed E-state index contributed by atoms with van der Waals surface area (Å²) in [5.41, 5.74) is 1.13. The molecule has 1 N–H and O–H groups in total. The van der Waals surface area contributed by atoms with Gasteiger partial charge in [-0.15, -0.1) is 0 Å². The number of halogens is 2. The lowest BCUT2D eigenvalue weighted by atomic mass is 9.93. The zero-order chi connectivity index (χ0) is 24.9. The molecule has 0 unspecified atom stereocenters. The van der Waals surface area contributed by atoms with E-state index in [0.717, 1.165) is 37.7 Å². The molecule has 1 saturated carbocycles. The number of rotatable bonds is 7. The van der Waals surface area contributed by atoms with Crippen molar-refractivity contribution >= 4 is 47.1 Å². The number of barbiturate groups is 1. The Morgan fingerprint density at radius 3 is 2.49 bits per heavy atom. The van der Waals surface area contributed by atoms with Gasteiger partial charge in [0.05, 0.1) is 11.6 Å². The molecular formula is C26H26Cl2N2O5. The number of benzene rings is 2. The van der Waals surface area contributed by atoms with Crippen LogP contribution in [0.1, 0.15) is 50.2 Å². The highest BCUT2D eigenvalue weighted by atomic mass is 35.5. The molecule has 7 nitrogen and oxygen atoms in total. The van der Waals surface area contributed by atoms with Crippen molar-refractivity contribution < 1.29 is 23.9 Å². The predicted molar refractivity (Wildman–Crippen MR) is 134 cm³/mol. The third-order valence-corrected chi connectivity index (χ3v) is 6.69. The maximum atomic E-state index is 13.2. The van der Waals surface area contributed by atoms with E-state index in [4.69, 9.17) is 32.7 Å². The van der Waals surface area contributed by atoms with Crippen molar-refractivity contribution in [1.29, 1.82) is 0 Å². The van der Waals surface area contributed by atoms with Crippen LogP contribution in [-0.2, 0) is 16.2 Å². The van der Waals surface area contributed by atoms with E-state index >= 15 is 0 Å². The summed E-state index contributed by atoms with van der Waals surface area (Å²) < 4.78 is 11.7. The first-order valence-corrected chi connectivity index (χ1v) is 12.4. The molecule has 0 spiro atoms. The minimum Gasteiger partial charge on any atom is -0.490 e. The van der Waals surface area contributed by atoms with Crippen LogP contribution >= 0.6 is 23.2 Å². The molecule has 1 heterocycles. The van der Waals surface area contributed by atoms with Gasteiger partial charge < -0.3 is 9.47 Å². The topological polar surface area (TPSA) is 84.9 Å². The fourth-order valence-corrected chi connectivity index (χ4v) is 4.81. The first kappa shape index (κ1) is 25.1. The third-order valence-electron chi connectivity index (χ3n) is 6.05. The van der Waals surface area contributed by atoms with Crippen LogP contribution < -0.4 is 14.8 Å². The molecule has 35 heavy (non-hydrogen) atoms. The fraction of sp³-hybridized carbons (Fsp3) is 0.346. The van der Waals surface area contributed by atoms with Crippen LogP contribution in [0.3, 0.4) is 0 Å². The second-order valence-electron chi connectivity index (χ2n) is 8.43. The molecule has 2 aromatic carbocycles. The number of hydrogen-bond acceptors (Lipinski definition) is 5. The second-order valence-corrected chi connectivity index (χ2v) is 9.24. The number of carbonyl (C=O) groups is 3. The molecular weight excluding hydrogens is 491 g/mol. The Hall–Kier alpha value is -3.03. The van der Waals surface area contributed by atoms with E-state index < -0.39 is 17.8 Å². The smallest absolute Gasteiger partial charge is 0.331 e. The lowest BCUT2D eigenvalue weighted by molar-refractivity contribution is -0.132. The predicted octanol–water partition coefficient (Wildman–Crippen LogP) is 5.77. The highest BCUT2D eigenvalue weighted by molar-refractivity contribution is 6.33. The zero-order valence-corrected chi connectivity index (χ0v) is 20.8. The monoisotopic (exact) mass is 516 g/mol. The number of carbonyl (C=O) groups excluding carboxylic acids is 3. The maximum absolute atomic E-state index is 13.2. The molecule has 2 aromatic rings. The standard InChI is InChI=1S/C26H26Cl2N2O5/c1-2-34-22-14-16(13-21(28)23(22)35-15-17-8-6-7-11-20(17)27)12-19-24(31)29-26(33)30(25(19)32)18-9-4-3-5-10-18/h6-8,11-14,18H,2-5,9-10,15H2,1H3,(H,29,31,33). The zero-order valence-electron chi connectivity index (χ0n) is 19.3. The van der Waals surface area contributed by atoms with Gasteiger partial charge in [-0.3, -0.25) is 19.8 Å². The van der Waals surface area contributed by atoms with Gasteiger partial charge in [-0.1, -0.05) is 60.7 Å². The Morgan fingerprint density at radius 2 is 1.77 bits per heavy atom. The van der Waals surface area contributed by atoms with Crippen LogP contribution in [-0.4, -0.2) is 35.4 Å². The van der Waals surface area contributed by atoms with Gasteiger partial charge in [-0.05, 0) is 49.6 Å². The molecule has 4 rings (SSSR count). The first-order valence-electron chi connectivity index (χ1n) is 11.6. The van der Waals surface area contributed by atoms with Gasteiger partial charge in [-0.25, -0.2) is 4.79 Å². The van der Waals surface area contributed by atoms with Crippen molar-refractivity contribution in [1.82, 2.24) is 10.2 Å². The SMILES string of the molecule is CCOc1cc(C=C2C(=O)NC(=O)N(C3CCCCC3)C2=O)cc(Cl)c1OCc1ccccc1Cl. The average Bonchev–Trinajstić information content (AvgIpc) is 2.83. The number of imide groups is 2. The lowest BCUT2D eigenvalue weighted by Gasteiger charge is -2.35. The number of hydrogen-bond donors (Lipinski definition) is 1. The highest BCUT2D eigenvalue weighted by Gasteiger charge is 2.40. The van der Waals surface area contributed by atoms with Gasteiger partial charge in [-0.2, -0.15) is 0 Å². The van der Waals surface area contributed by atoms with Crippen molar-refractivity contribution in [2.24, 2.45) is 0 Å². The molecule has 1 aliphatic heterocycles. The van der Waals surface area contributed by atoms with Gasteiger partial charge in [0.1, 0.15) is 12.2 Å². The van der Waals surface area contributed by atoms with Crippen LogP contribution in [0.4, 0.5) is 4.79 Å². The highest BCUT2D eigenvalue weighted by Crippen LogP contribution is 2.38. The maximum Gasteiger partial charge on any atom is 0.331 e. The van der Waals surface area contributed by atoms with E-state index in [1.807, 2.05) is 25.1 Å². The van der Waals surface area contributed by atoms with Crippen LogP contribution in [0.25, 0.3) is 6.08 Å². The van der Waals surface area contributed by atoms with E-state index in [9.17, 15) is 14.4 Å². The Kier molecular flexibility index (Phi) is 7.98. The average molecular weight is 517 g/mol. The van der Waals surface area contributed by atoms with Crippen molar-refractivity contribution in [3.63, 3.8) is 0 Å². The minimum absolute atomic E-state index is 0.126. The Morgan fingerprint density at radius 1 is 1.03 bits per heavy atom. The summed E-state index contributed by atoms with van der Waals surface area (Å²) in [6, 6.07) is 9.66. The van der Waals surface area contributed by atoms with Crippen LogP contribution in [0.15, 0.2) is 42.0 Å². The van der Waals surface area contributed by atoms with E-state index in [2.05, 4.69) is 5.32 Å². The fourth-order valence-electron chi connectivity index (χ4n) is 4.35. The Labute approximate surface area is 214 Å². The molecule has 4 amide bonds. The second kappa shape index (κ2) is 11.1. The first-order chi connectivity index (χ1) is 16.9. The molecule has 1 aliphatic carbocycles. The van der Waals surface area contributed by atoms with E-state index in [1.165, 1.54) is 11.0 Å². The summed E-state index contributed by atoms with van der Waals surface area (Å²) in [6.07, 6.45) is 5.85. The number of amides is 4. The van der Waals surface area contributed by atoms with Crippen molar-refractivity contribution in [2.75, 3.05) is 6.61 Å². The molecule has 2 fully saturated rings. The molecule has 0 aromatic heterocycles. The van der Waals surface area contributed by atoms with Crippen LogP contribution in [0.2, 0.25) is 10.0 Å². The molecule has 2 aliphatic rings. The summed E-state index contributed by atoms with van der Waals surface area (Å²) in [5, 5.41) is 3.11. The largest absolute Gasteiger partial charge is 0.490 e. The van der Waals surface area contributed by atoms with Gasteiger partial charge >= 0.3 is 6.03 Å². The molecule has 1 saturated heterocycles. The molecule has 0 radical (unpaired) electrons. The van der Waals surface area contributed by atoms with E-state index in [-0.39, 0.29) is 23.2 Å². The number of nitrogens with one attached hydrogen (secondary N) is 1. The minimum atomic E-state index is -0.736. The summed E-state index contributed by atoms with van der Waals surface area (Å²) in [6.45, 7) is 2.35. The van der Waals surface area contributed by atoms with Crippen molar-refractivity contribution in [2.45, 2.75) is 51.7 Å².